The number of likely N-dealkylation sites (tertiary alicyclic amines) is 1. The molecule has 0 aromatic carbocycles. The summed E-state index contributed by atoms with van der Waals surface area (Å²) in [5.41, 5.74) is 0.598. The predicted molar refractivity (Wildman–Crippen MR) is 86.4 cm³/mol. The van der Waals surface area contributed by atoms with E-state index in [-0.39, 0.29) is 16.8 Å². The fourth-order valence-corrected chi connectivity index (χ4v) is 4.62. The van der Waals surface area contributed by atoms with Gasteiger partial charge in [0.15, 0.2) is 0 Å². The SMILES string of the molecule is O=C(c1ccnnc1)N1CC2(C[C@H](Oc3cccnc3)CS2)C1. The molecule has 6 nitrogen and oxygen atoms in total. The Morgan fingerprint density at radius 2 is 2.17 bits per heavy atom. The molecular formula is C16H16N4O2S. The molecule has 2 aliphatic heterocycles. The lowest BCUT2D eigenvalue weighted by molar-refractivity contribution is 0.0517. The van der Waals surface area contributed by atoms with Crippen molar-refractivity contribution in [2.24, 2.45) is 0 Å². The third-order valence-electron chi connectivity index (χ3n) is 4.19. The first kappa shape index (κ1) is 14.4. The molecule has 0 bridgehead atoms. The highest BCUT2D eigenvalue weighted by atomic mass is 32.2. The van der Waals surface area contributed by atoms with Gasteiger partial charge in [-0.3, -0.25) is 9.78 Å². The average Bonchev–Trinajstić information content (AvgIpc) is 2.99. The molecule has 2 aliphatic rings. The highest BCUT2D eigenvalue weighted by Crippen LogP contribution is 2.46. The molecular weight excluding hydrogens is 312 g/mol. The van der Waals surface area contributed by atoms with E-state index in [2.05, 4.69) is 15.2 Å². The molecule has 118 valence electrons. The summed E-state index contributed by atoms with van der Waals surface area (Å²) in [6.45, 7) is 1.54. The zero-order valence-corrected chi connectivity index (χ0v) is 13.3. The first-order valence-corrected chi connectivity index (χ1v) is 8.49. The van der Waals surface area contributed by atoms with Gasteiger partial charge in [-0.15, -0.1) is 11.8 Å². The maximum absolute atomic E-state index is 12.3. The van der Waals surface area contributed by atoms with Gasteiger partial charge in [0.25, 0.3) is 5.91 Å². The van der Waals surface area contributed by atoms with Crippen LogP contribution in [0.15, 0.2) is 43.0 Å². The summed E-state index contributed by atoms with van der Waals surface area (Å²) in [7, 11) is 0. The molecule has 4 rings (SSSR count). The third-order valence-corrected chi connectivity index (χ3v) is 5.76. The standard InChI is InChI=1S/C16H16N4O2S/c21-15(12-3-5-18-19-7-12)20-10-16(11-20)6-14(9-23-16)22-13-2-1-4-17-8-13/h1-5,7-8,14H,6,9-11H2/t14-/m0/s1. The highest BCUT2D eigenvalue weighted by molar-refractivity contribution is 8.01. The van der Waals surface area contributed by atoms with E-state index in [1.807, 2.05) is 28.8 Å². The molecule has 1 amide bonds. The quantitative estimate of drug-likeness (QED) is 0.853. The van der Waals surface area contributed by atoms with Crippen LogP contribution in [0.1, 0.15) is 16.8 Å². The second kappa shape index (κ2) is 5.81. The summed E-state index contributed by atoms with van der Waals surface area (Å²) in [6.07, 6.45) is 7.69. The van der Waals surface area contributed by atoms with Crippen molar-refractivity contribution in [1.82, 2.24) is 20.1 Å². The Morgan fingerprint density at radius 1 is 1.26 bits per heavy atom. The maximum atomic E-state index is 12.3. The van der Waals surface area contributed by atoms with Crippen molar-refractivity contribution < 1.29 is 9.53 Å². The van der Waals surface area contributed by atoms with Crippen molar-refractivity contribution in [2.75, 3.05) is 18.8 Å². The molecule has 0 saturated carbocycles. The van der Waals surface area contributed by atoms with Crippen LogP contribution >= 0.6 is 11.8 Å². The molecule has 0 N–H and O–H groups in total. The van der Waals surface area contributed by atoms with E-state index in [0.717, 1.165) is 31.0 Å². The normalized spacial score (nSPS) is 21.9. The number of rotatable bonds is 3. The summed E-state index contributed by atoms with van der Waals surface area (Å²) in [6, 6.07) is 5.51. The first-order valence-electron chi connectivity index (χ1n) is 7.51. The maximum Gasteiger partial charge on any atom is 0.255 e. The van der Waals surface area contributed by atoms with Crippen LogP contribution in [-0.4, -0.2) is 55.7 Å². The number of pyridine rings is 1. The van der Waals surface area contributed by atoms with E-state index in [4.69, 9.17) is 4.74 Å². The minimum Gasteiger partial charge on any atom is -0.488 e. The zero-order chi connectivity index (χ0) is 15.7. The number of carbonyl (C=O) groups excluding carboxylic acids is 1. The second-order valence-electron chi connectivity index (χ2n) is 5.92. The molecule has 1 atom stereocenters. The number of hydrogen-bond acceptors (Lipinski definition) is 6. The van der Waals surface area contributed by atoms with Crippen molar-refractivity contribution in [3.05, 3.63) is 48.5 Å². The van der Waals surface area contributed by atoms with E-state index in [0.29, 0.717) is 5.56 Å². The van der Waals surface area contributed by atoms with Gasteiger partial charge in [0.1, 0.15) is 11.9 Å². The molecule has 2 saturated heterocycles. The average molecular weight is 328 g/mol. The lowest BCUT2D eigenvalue weighted by Crippen LogP contribution is -2.60. The number of thioether (sulfide) groups is 1. The summed E-state index contributed by atoms with van der Waals surface area (Å²) < 4.78 is 6.12. The Labute approximate surface area is 138 Å². The summed E-state index contributed by atoms with van der Waals surface area (Å²) >= 11 is 1.91. The van der Waals surface area contributed by atoms with Gasteiger partial charge in [0.05, 0.1) is 28.9 Å². The Hall–Kier alpha value is -2.15. The van der Waals surface area contributed by atoms with Gasteiger partial charge < -0.3 is 9.64 Å². The molecule has 2 aromatic heterocycles. The van der Waals surface area contributed by atoms with Crippen LogP contribution in [0.5, 0.6) is 5.75 Å². The van der Waals surface area contributed by atoms with Gasteiger partial charge >= 0.3 is 0 Å². The fourth-order valence-electron chi connectivity index (χ4n) is 3.10. The van der Waals surface area contributed by atoms with Crippen LogP contribution in [0, 0.1) is 0 Å². The number of hydrogen-bond donors (Lipinski definition) is 0. The molecule has 2 fully saturated rings. The minimum absolute atomic E-state index is 0.0303. The molecule has 0 unspecified atom stereocenters. The van der Waals surface area contributed by atoms with Crippen LogP contribution in [0.2, 0.25) is 0 Å². The fraction of sp³-hybridized carbons (Fsp3) is 0.375. The van der Waals surface area contributed by atoms with Crippen LogP contribution in [0.25, 0.3) is 0 Å². The molecule has 0 radical (unpaired) electrons. The predicted octanol–water partition coefficient (Wildman–Crippen LogP) is 1.65. The number of nitrogens with zero attached hydrogens (tertiary/aromatic N) is 4. The minimum atomic E-state index is 0.0303. The van der Waals surface area contributed by atoms with E-state index < -0.39 is 0 Å². The Kier molecular flexibility index (Phi) is 3.65. The van der Waals surface area contributed by atoms with Crippen molar-refractivity contribution in [3.63, 3.8) is 0 Å². The molecule has 2 aromatic rings. The van der Waals surface area contributed by atoms with E-state index >= 15 is 0 Å². The molecule has 0 aliphatic carbocycles. The van der Waals surface area contributed by atoms with E-state index in [1.165, 1.54) is 6.20 Å². The van der Waals surface area contributed by atoms with Gasteiger partial charge in [-0.2, -0.15) is 10.2 Å². The van der Waals surface area contributed by atoms with Crippen LogP contribution < -0.4 is 4.74 Å². The Morgan fingerprint density at radius 3 is 2.91 bits per heavy atom. The highest BCUT2D eigenvalue weighted by Gasteiger charge is 2.51. The summed E-state index contributed by atoms with van der Waals surface area (Å²) in [5.74, 6) is 1.79. The molecule has 23 heavy (non-hydrogen) atoms. The Bertz CT molecular complexity index is 692. The topological polar surface area (TPSA) is 68.2 Å². The van der Waals surface area contributed by atoms with Gasteiger partial charge in [0, 0.05) is 31.5 Å². The molecule has 7 heteroatoms. The zero-order valence-electron chi connectivity index (χ0n) is 12.5. The number of aromatic nitrogens is 3. The van der Waals surface area contributed by atoms with E-state index in [1.54, 1.807) is 24.7 Å². The number of carbonyl (C=O) groups is 1. The van der Waals surface area contributed by atoms with Gasteiger partial charge in [-0.25, -0.2) is 0 Å². The smallest absolute Gasteiger partial charge is 0.255 e. The molecule has 4 heterocycles. The van der Waals surface area contributed by atoms with Gasteiger partial charge in [-0.1, -0.05) is 0 Å². The van der Waals surface area contributed by atoms with Crippen molar-refractivity contribution in [2.45, 2.75) is 17.3 Å². The van der Waals surface area contributed by atoms with Crippen LogP contribution in [0.4, 0.5) is 0 Å². The van der Waals surface area contributed by atoms with Crippen LogP contribution in [0.3, 0.4) is 0 Å². The number of amides is 1. The van der Waals surface area contributed by atoms with Crippen molar-refractivity contribution in [1.29, 1.82) is 0 Å². The lowest BCUT2D eigenvalue weighted by Gasteiger charge is -2.47. The van der Waals surface area contributed by atoms with Crippen molar-refractivity contribution in [3.8, 4) is 5.75 Å². The second-order valence-corrected chi connectivity index (χ2v) is 7.41. The monoisotopic (exact) mass is 328 g/mol. The first-order chi connectivity index (χ1) is 11.2. The summed E-state index contributed by atoms with van der Waals surface area (Å²) in [5, 5.41) is 7.47. The van der Waals surface area contributed by atoms with E-state index in [9.17, 15) is 4.79 Å². The number of ether oxygens (including phenoxy) is 1. The molecule has 1 spiro atoms. The largest absolute Gasteiger partial charge is 0.488 e. The summed E-state index contributed by atoms with van der Waals surface area (Å²) in [4.78, 5) is 18.3. The van der Waals surface area contributed by atoms with Crippen molar-refractivity contribution >= 4 is 17.7 Å². The van der Waals surface area contributed by atoms with Gasteiger partial charge in [-0.05, 0) is 18.2 Å². The van der Waals surface area contributed by atoms with Crippen LogP contribution in [-0.2, 0) is 0 Å². The Balaban J connectivity index is 1.34. The lowest BCUT2D eigenvalue weighted by atomic mass is 9.92. The third kappa shape index (κ3) is 2.88. The van der Waals surface area contributed by atoms with Gasteiger partial charge in [0.2, 0.25) is 0 Å².